The number of para-hydroxylation sites is 1. The Balaban J connectivity index is 1.56. The number of hydrogen-bond acceptors (Lipinski definition) is 2. The Morgan fingerprint density at radius 2 is 1.47 bits per heavy atom. The minimum absolute atomic E-state index is 0.000910. The molecule has 1 fully saturated rings. The van der Waals surface area contributed by atoms with E-state index in [1.54, 1.807) is 0 Å². The quantitative estimate of drug-likeness (QED) is 0.271. The summed E-state index contributed by atoms with van der Waals surface area (Å²) >= 11 is 0. The van der Waals surface area contributed by atoms with Crippen molar-refractivity contribution in [1.82, 2.24) is 0 Å². The molecule has 0 bridgehead atoms. The van der Waals surface area contributed by atoms with E-state index in [1.165, 1.54) is 10.4 Å². The normalized spacial score (nSPS) is 18.7. The van der Waals surface area contributed by atoms with Crippen molar-refractivity contribution in [2.45, 2.75) is 38.3 Å². The van der Waals surface area contributed by atoms with E-state index in [0.29, 0.717) is 11.8 Å². The van der Waals surface area contributed by atoms with Crippen LogP contribution >= 0.6 is 0 Å². The SMILES string of the molecule is C=Cc1ccccc1NC(C=C)[C@H]1C[C@H]1CO[Si](c1ccccc1)(c1ccccc1)C(C)(C)C. The third kappa shape index (κ3) is 4.82. The van der Waals surface area contributed by atoms with Gasteiger partial charge < -0.3 is 9.74 Å². The fourth-order valence-electron chi connectivity index (χ4n) is 5.22. The molecule has 3 aromatic carbocycles. The zero-order valence-electron chi connectivity index (χ0n) is 20.7. The van der Waals surface area contributed by atoms with Crippen LogP contribution in [0.4, 0.5) is 5.69 Å². The monoisotopic (exact) mass is 467 g/mol. The molecule has 0 heterocycles. The van der Waals surface area contributed by atoms with Crippen molar-refractivity contribution in [2.75, 3.05) is 11.9 Å². The van der Waals surface area contributed by atoms with E-state index in [9.17, 15) is 0 Å². The number of nitrogens with one attached hydrogen (secondary N) is 1. The molecule has 3 atom stereocenters. The minimum atomic E-state index is -2.50. The summed E-state index contributed by atoms with van der Waals surface area (Å²) in [6.45, 7) is 15.9. The molecule has 1 unspecified atom stereocenters. The number of benzene rings is 3. The molecule has 1 saturated carbocycles. The molecule has 176 valence electrons. The topological polar surface area (TPSA) is 21.3 Å². The Morgan fingerprint density at radius 3 is 2.00 bits per heavy atom. The molecule has 0 saturated heterocycles. The molecule has 1 aliphatic rings. The Hall–Kier alpha value is -2.88. The van der Waals surface area contributed by atoms with Gasteiger partial charge in [0.25, 0.3) is 8.32 Å². The Kier molecular flexibility index (Phi) is 7.25. The Labute approximate surface area is 206 Å². The standard InChI is InChI=1S/C31H37NOSi/c1-6-24-16-14-15-21-30(24)32-29(7-2)28-22-25(28)23-33-34(31(3,4)5,26-17-10-8-11-18-26)27-19-12-9-13-20-27/h6-21,25,28-29,32H,1-2,22-23H2,3-5H3/t25-,28-,29?/m0/s1. The van der Waals surface area contributed by atoms with Gasteiger partial charge >= 0.3 is 0 Å². The first-order valence-corrected chi connectivity index (χ1v) is 14.2. The van der Waals surface area contributed by atoms with E-state index in [2.05, 4.69) is 118 Å². The van der Waals surface area contributed by atoms with Gasteiger partial charge in [-0.2, -0.15) is 0 Å². The molecule has 0 aliphatic heterocycles. The van der Waals surface area contributed by atoms with Gasteiger partial charge in [-0.1, -0.05) is 118 Å². The second-order valence-electron chi connectivity index (χ2n) is 10.3. The van der Waals surface area contributed by atoms with Crippen LogP contribution in [-0.4, -0.2) is 21.0 Å². The predicted octanol–water partition coefficient (Wildman–Crippen LogP) is 6.51. The van der Waals surface area contributed by atoms with Gasteiger partial charge in [-0.15, -0.1) is 6.58 Å². The second-order valence-corrected chi connectivity index (χ2v) is 14.6. The van der Waals surface area contributed by atoms with Gasteiger partial charge in [-0.3, -0.25) is 0 Å². The van der Waals surface area contributed by atoms with Crippen molar-refractivity contribution in [3.63, 3.8) is 0 Å². The molecular weight excluding hydrogens is 430 g/mol. The van der Waals surface area contributed by atoms with Crippen LogP contribution < -0.4 is 15.7 Å². The zero-order valence-corrected chi connectivity index (χ0v) is 21.7. The van der Waals surface area contributed by atoms with Crippen molar-refractivity contribution in [1.29, 1.82) is 0 Å². The van der Waals surface area contributed by atoms with Crippen LogP contribution in [0, 0.1) is 11.8 Å². The van der Waals surface area contributed by atoms with Crippen LogP contribution in [0.3, 0.4) is 0 Å². The molecule has 0 aromatic heterocycles. The van der Waals surface area contributed by atoms with E-state index in [-0.39, 0.29) is 11.1 Å². The van der Waals surface area contributed by atoms with Crippen molar-refractivity contribution < 1.29 is 4.43 Å². The third-order valence-corrected chi connectivity index (χ3v) is 12.1. The van der Waals surface area contributed by atoms with Crippen molar-refractivity contribution in [3.8, 4) is 0 Å². The van der Waals surface area contributed by atoms with Crippen LogP contribution in [0.15, 0.2) is 104 Å². The highest BCUT2D eigenvalue weighted by Crippen LogP contribution is 2.45. The smallest absolute Gasteiger partial charge is 0.261 e. The second kappa shape index (κ2) is 10.2. The van der Waals surface area contributed by atoms with Crippen LogP contribution in [-0.2, 0) is 4.43 Å². The first-order chi connectivity index (χ1) is 16.4. The maximum atomic E-state index is 7.17. The van der Waals surface area contributed by atoms with E-state index in [4.69, 9.17) is 4.43 Å². The number of anilines is 1. The summed E-state index contributed by atoms with van der Waals surface area (Å²) in [6, 6.07) is 30.3. The molecule has 0 radical (unpaired) electrons. The van der Waals surface area contributed by atoms with Gasteiger partial charge in [-0.25, -0.2) is 0 Å². The zero-order chi connectivity index (χ0) is 24.2. The molecule has 0 spiro atoms. The summed E-state index contributed by atoms with van der Waals surface area (Å²) in [7, 11) is -2.50. The van der Waals surface area contributed by atoms with Crippen molar-refractivity contribution >= 4 is 30.5 Å². The molecule has 1 aliphatic carbocycles. The first-order valence-electron chi connectivity index (χ1n) is 12.3. The van der Waals surface area contributed by atoms with Crippen LogP contribution in [0.25, 0.3) is 6.08 Å². The molecule has 34 heavy (non-hydrogen) atoms. The molecule has 3 aromatic rings. The van der Waals surface area contributed by atoms with Gasteiger partial charge in [-0.05, 0) is 45.3 Å². The average molecular weight is 468 g/mol. The van der Waals surface area contributed by atoms with Crippen molar-refractivity contribution in [3.05, 3.63) is 110 Å². The van der Waals surface area contributed by atoms with Crippen LogP contribution in [0.5, 0.6) is 0 Å². The Bertz CT molecular complexity index is 1060. The summed E-state index contributed by atoms with van der Waals surface area (Å²) in [4.78, 5) is 0. The van der Waals surface area contributed by atoms with Crippen LogP contribution in [0.2, 0.25) is 5.04 Å². The van der Waals surface area contributed by atoms with E-state index in [1.807, 2.05) is 18.2 Å². The fraction of sp³-hybridized carbons (Fsp3) is 0.290. The highest BCUT2D eigenvalue weighted by Gasteiger charge is 2.52. The molecular formula is C31H37NOSi. The largest absolute Gasteiger partial charge is 0.407 e. The third-order valence-electron chi connectivity index (χ3n) is 7.13. The Morgan fingerprint density at radius 1 is 0.912 bits per heavy atom. The minimum Gasteiger partial charge on any atom is -0.407 e. The van der Waals surface area contributed by atoms with Gasteiger partial charge in [0.2, 0.25) is 0 Å². The van der Waals surface area contributed by atoms with Gasteiger partial charge in [0.15, 0.2) is 0 Å². The summed E-state index contributed by atoms with van der Waals surface area (Å²) < 4.78 is 7.17. The van der Waals surface area contributed by atoms with Gasteiger partial charge in [0, 0.05) is 18.3 Å². The highest BCUT2D eigenvalue weighted by atomic mass is 28.4. The predicted molar refractivity (Wildman–Crippen MR) is 149 cm³/mol. The molecule has 2 nitrogen and oxygen atoms in total. The highest BCUT2D eigenvalue weighted by molar-refractivity contribution is 6.99. The van der Waals surface area contributed by atoms with Crippen molar-refractivity contribution in [2.24, 2.45) is 11.8 Å². The van der Waals surface area contributed by atoms with Crippen LogP contribution in [0.1, 0.15) is 32.8 Å². The first kappa shape index (κ1) is 24.2. The lowest BCUT2D eigenvalue weighted by Gasteiger charge is -2.43. The lowest BCUT2D eigenvalue weighted by molar-refractivity contribution is 0.273. The molecule has 1 N–H and O–H groups in total. The lowest BCUT2D eigenvalue weighted by atomic mass is 10.1. The van der Waals surface area contributed by atoms with E-state index < -0.39 is 8.32 Å². The fourth-order valence-corrected chi connectivity index (χ4v) is 9.84. The van der Waals surface area contributed by atoms with Gasteiger partial charge in [0.05, 0.1) is 0 Å². The maximum Gasteiger partial charge on any atom is 0.261 e. The van der Waals surface area contributed by atoms with Gasteiger partial charge in [0.1, 0.15) is 0 Å². The maximum absolute atomic E-state index is 7.17. The summed E-state index contributed by atoms with van der Waals surface area (Å²) in [5, 5.41) is 6.37. The molecule has 0 amide bonds. The lowest BCUT2D eigenvalue weighted by Crippen LogP contribution is -2.66. The number of rotatable bonds is 10. The summed E-state index contributed by atoms with van der Waals surface area (Å²) in [5.41, 5.74) is 2.23. The summed E-state index contributed by atoms with van der Waals surface area (Å²) in [5.74, 6) is 1.04. The number of hydrogen-bond donors (Lipinski definition) is 1. The van der Waals surface area contributed by atoms with E-state index in [0.717, 1.165) is 24.3 Å². The molecule has 4 rings (SSSR count). The van der Waals surface area contributed by atoms with E-state index >= 15 is 0 Å². The molecule has 3 heteroatoms. The average Bonchev–Trinajstić information content (AvgIpc) is 3.63. The summed E-state index contributed by atoms with van der Waals surface area (Å²) in [6.07, 6.45) is 5.10.